The standard InChI is InChI=1S/C20H24ClNO/c1-3-14(12-21)8-9-15-10-11-17-16-6-4-5-7-18(16)20(23)22-19(17)13(15)2/h3,8H,1,4-7,9-12H2,2H3,(H,22,23). The number of H-pyrrole nitrogens is 1. The maximum absolute atomic E-state index is 12.4. The smallest absolute Gasteiger partial charge is 0.251 e. The Balaban J connectivity index is 2.01. The summed E-state index contributed by atoms with van der Waals surface area (Å²) in [5, 5.41) is 0. The monoisotopic (exact) mass is 329 g/mol. The van der Waals surface area contributed by atoms with Gasteiger partial charge in [0.05, 0.1) is 0 Å². The van der Waals surface area contributed by atoms with Crippen molar-refractivity contribution in [2.45, 2.75) is 51.9 Å². The lowest BCUT2D eigenvalue weighted by Gasteiger charge is -2.26. The molecule has 0 amide bonds. The van der Waals surface area contributed by atoms with Crippen molar-refractivity contribution in [1.82, 2.24) is 4.98 Å². The molecule has 1 N–H and O–H groups in total. The molecule has 1 heterocycles. The van der Waals surface area contributed by atoms with E-state index in [-0.39, 0.29) is 5.56 Å². The highest BCUT2D eigenvalue weighted by atomic mass is 35.5. The molecule has 0 bridgehead atoms. The van der Waals surface area contributed by atoms with E-state index in [0.717, 1.165) is 55.4 Å². The molecule has 0 saturated heterocycles. The summed E-state index contributed by atoms with van der Waals surface area (Å²) >= 11 is 5.90. The van der Waals surface area contributed by atoms with Crippen molar-refractivity contribution in [3.05, 3.63) is 62.6 Å². The Bertz CT molecular complexity index is 752. The second kappa shape index (κ2) is 6.92. The van der Waals surface area contributed by atoms with E-state index in [0.29, 0.717) is 5.88 Å². The van der Waals surface area contributed by atoms with Crippen LogP contribution >= 0.6 is 11.6 Å². The first-order valence-electron chi connectivity index (χ1n) is 8.49. The van der Waals surface area contributed by atoms with E-state index in [9.17, 15) is 4.79 Å². The highest BCUT2D eigenvalue weighted by Crippen LogP contribution is 2.35. The molecule has 0 saturated carbocycles. The van der Waals surface area contributed by atoms with Gasteiger partial charge in [-0.25, -0.2) is 0 Å². The van der Waals surface area contributed by atoms with Crippen molar-refractivity contribution in [3.8, 4) is 0 Å². The number of pyridine rings is 1. The van der Waals surface area contributed by atoms with Crippen LogP contribution in [0.15, 0.2) is 34.7 Å². The highest BCUT2D eigenvalue weighted by Gasteiger charge is 2.24. The molecular formula is C20H24ClNO. The topological polar surface area (TPSA) is 32.9 Å². The first-order chi connectivity index (χ1) is 11.2. The fourth-order valence-electron chi connectivity index (χ4n) is 3.84. The molecule has 0 fully saturated rings. The number of alkyl halides is 1. The summed E-state index contributed by atoms with van der Waals surface area (Å²) in [6.07, 6.45) is 11.3. The lowest BCUT2D eigenvalue weighted by atomic mass is 9.81. The van der Waals surface area contributed by atoms with Crippen LogP contribution in [0.1, 0.15) is 55.0 Å². The molecule has 0 atom stereocenters. The minimum atomic E-state index is 0.127. The maximum atomic E-state index is 12.4. The highest BCUT2D eigenvalue weighted by molar-refractivity contribution is 6.19. The van der Waals surface area contributed by atoms with E-state index in [1.165, 1.54) is 28.7 Å². The number of halogens is 1. The summed E-state index contributed by atoms with van der Waals surface area (Å²) in [5.41, 5.74) is 8.69. The Morgan fingerprint density at radius 1 is 1.17 bits per heavy atom. The van der Waals surface area contributed by atoms with Crippen molar-refractivity contribution in [1.29, 1.82) is 0 Å². The average Bonchev–Trinajstić information content (AvgIpc) is 2.58. The van der Waals surface area contributed by atoms with Gasteiger partial charge in [0.2, 0.25) is 0 Å². The van der Waals surface area contributed by atoms with Crippen LogP contribution < -0.4 is 5.56 Å². The molecule has 2 aliphatic carbocycles. The SMILES string of the molecule is C=CC(=CCC1=C(C)c2[nH]c(=O)c3c(c2CC1)CCCC3)CCl. The van der Waals surface area contributed by atoms with Gasteiger partial charge < -0.3 is 4.98 Å². The molecule has 122 valence electrons. The zero-order chi connectivity index (χ0) is 16.4. The van der Waals surface area contributed by atoms with E-state index >= 15 is 0 Å². The third kappa shape index (κ3) is 3.10. The van der Waals surface area contributed by atoms with Crippen molar-refractivity contribution >= 4 is 17.2 Å². The summed E-state index contributed by atoms with van der Waals surface area (Å²) in [6, 6.07) is 0. The largest absolute Gasteiger partial charge is 0.322 e. The van der Waals surface area contributed by atoms with E-state index in [1.54, 1.807) is 0 Å². The number of rotatable bonds is 4. The van der Waals surface area contributed by atoms with E-state index in [2.05, 4.69) is 24.6 Å². The van der Waals surface area contributed by atoms with Crippen LogP contribution in [0.4, 0.5) is 0 Å². The number of hydrogen-bond acceptors (Lipinski definition) is 1. The molecule has 1 aromatic rings. The first kappa shape index (κ1) is 16.3. The molecule has 23 heavy (non-hydrogen) atoms. The molecule has 3 heteroatoms. The zero-order valence-electron chi connectivity index (χ0n) is 13.8. The van der Waals surface area contributed by atoms with Crippen LogP contribution in [0.25, 0.3) is 5.57 Å². The lowest BCUT2D eigenvalue weighted by Crippen LogP contribution is -2.25. The molecule has 2 aliphatic rings. The summed E-state index contributed by atoms with van der Waals surface area (Å²) in [7, 11) is 0. The minimum Gasteiger partial charge on any atom is -0.322 e. The normalized spacial score (nSPS) is 17.7. The van der Waals surface area contributed by atoms with Gasteiger partial charge >= 0.3 is 0 Å². The summed E-state index contributed by atoms with van der Waals surface area (Å²) in [4.78, 5) is 15.6. The van der Waals surface area contributed by atoms with Gasteiger partial charge in [-0.3, -0.25) is 4.79 Å². The van der Waals surface area contributed by atoms with Gasteiger partial charge in [-0.15, -0.1) is 11.6 Å². The average molecular weight is 330 g/mol. The Morgan fingerprint density at radius 3 is 2.61 bits per heavy atom. The maximum Gasteiger partial charge on any atom is 0.251 e. The molecule has 3 rings (SSSR count). The van der Waals surface area contributed by atoms with Gasteiger partial charge in [0.1, 0.15) is 0 Å². The zero-order valence-corrected chi connectivity index (χ0v) is 14.6. The van der Waals surface area contributed by atoms with Gasteiger partial charge in [0, 0.05) is 17.1 Å². The molecule has 2 nitrogen and oxygen atoms in total. The number of hydrogen-bond donors (Lipinski definition) is 1. The lowest BCUT2D eigenvalue weighted by molar-refractivity contribution is 0.663. The molecule has 0 radical (unpaired) electrons. The quantitative estimate of drug-likeness (QED) is 0.629. The predicted molar refractivity (Wildman–Crippen MR) is 98.2 cm³/mol. The van der Waals surface area contributed by atoms with Gasteiger partial charge in [-0.1, -0.05) is 24.3 Å². The Labute approximate surface area is 143 Å². The number of aromatic amines is 1. The second-order valence-electron chi connectivity index (χ2n) is 6.52. The van der Waals surface area contributed by atoms with E-state index in [4.69, 9.17) is 11.6 Å². The van der Waals surface area contributed by atoms with Gasteiger partial charge in [0.25, 0.3) is 5.56 Å². The molecule has 0 aromatic carbocycles. The fourth-order valence-corrected chi connectivity index (χ4v) is 4.06. The minimum absolute atomic E-state index is 0.127. The third-order valence-corrected chi connectivity index (χ3v) is 5.56. The number of nitrogens with one attached hydrogen (secondary N) is 1. The van der Waals surface area contributed by atoms with Crippen LogP contribution in [0, 0.1) is 0 Å². The summed E-state index contributed by atoms with van der Waals surface area (Å²) < 4.78 is 0. The van der Waals surface area contributed by atoms with Crippen molar-refractivity contribution in [2.75, 3.05) is 5.88 Å². The first-order valence-corrected chi connectivity index (χ1v) is 9.02. The van der Waals surface area contributed by atoms with Crippen LogP contribution in [-0.4, -0.2) is 10.9 Å². The Kier molecular flexibility index (Phi) is 4.91. The van der Waals surface area contributed by atoms with E-state index in [1.807, 2.05) is 6.08 Å². The molecule has 0 spiro atoms. The van der Waals surface area contributed by atoms with Crippen molar-refractivity contribution in [3.63, 3.8) is 0 Å². The molecule has 0 unspecified atom stereocenters. The summed E-state index contributed by atoms with van der Waals surface area (Å²) in [5.74, 6) is 0.497. The van der Waals surface area contributed by atoms with Gasteiger partial charge in [-0.2, -0.15) is 0 Å². The predicted octanol–water partition coefficient (Wildman–Crippen LogP) is 4.71. The van der Waals surface area contributed by atoms with Crippen LogP contribution in [0.2, 0.25) is 0 Å². The number of fused-ring (bicyclic) bond motifs is 3. The molecular weight excluding hydrogens is 306 g/mol. The van der Waals surface area contributed by atoms with Crippen LogP contribution in [0.5, 0.6) is 0 Å². The number of allylic oxidation sites excluding steroid dienone is 5. The Morgan fingerprint density at radius 2 is 1.91 bits per heavy atom. The number of aromatic nitrogens is 1. The third-order valence-electron chi connectivity index (χ3n) is 5.26. The van der Waals surface area contributed by atoms with E-state index < -0.39 is 0 Å². The van der Waals surface area contributed by atoms with Gasteiger partial charge in [0.15, 0.2) is 0 Å². The summed E-state index contributed by atoms with van der Waals surface area (Å²) in [6.45, 7) is 5.93. The second-order valence-corrected chi connectivity index (χ2v) is 6.79. The van der Waals surface area contributed by atoms with Crippen LogP contribution in [-0.2, 0) is 19.3 Å². The van der Waals surface area contributed by atoms with Crippen molar-refractivity contribution < 1.29 is 0 Å². The molecule has 0 aliphatic heterocycles. The molecule has 1 aromatic heterocycles. The fraction of sp³-hybridized carbons (Fsp3) is 0.450. The van der Waals surface area contributed by atoms with Crippen molar-refractivity contribution in [2.24, 2.45) is 0 Å². The van der Waals surface area contributed by atoms with Crippen LogP contribution in [0.3, 0.4) is 0 Å². The van der Waals surface area contributed by atoms with Gasteiger partial charge in [-0.05, 0) is 74.1 Å². The Hall–Kier alpha value is -1.54.